The van der Waals surface area contributed by atoms with Crippen LogP contribution >= 0.6 is 11.3 Å². The van der Waals surface area contributed by atoms with Crippen LogP contribution in [0.15, 0.2) is 48.4 Å². The van der Waals surface area contributed by atoms with Crippen molar-refractivity contribution in [2.45, 2.75) is 40.2 Å². The minimum Gasteiger partial charge on any atom is -0.330 e. The fourth-order valence-electron chi connectivity index (χ4n) is 3.80. The third-order valence-corrected chi connectivity index (χ3v) is 6.28. The number of carbonyl (C=O) groups excluding carboxylic acids is 2. The van der Waals surface area contributed by atoms with Crippen LogP contribution in [0.2, 0.25) is 0 Å². The van der Waals surface area contributed by atoms with Crippen molar-refractivity contribution in [1.82, 2.24) is 9.80 Å². The highest BCUT2D eigenvalue weighted by molar-refractivity contribution is 7.10. The van der Waals surface area contributed by atoms with E-state index in [0.717, 1.165) is 12.0 Å². The lowest BCUT2D eigenvalue weighted by atomic mass is 9.92. The van der Waals surface area contributed by atoms with E-state index in [1.54, 1.807) is 22.3 Å². The molecule has 5 heteroatoms. The summed E-state index contributed by atoms with van der Waals surface area (Å²) < 4.78 is 0. The Balaban J connectivity index is 1.90. The van der Waals surface area contributed by atoms with E-state index in [-0.39, 0.29) is 24.4 Å². The third-order valence-electron chi connectivity index (χ3n) is 5.28. The number of thiophene rings is 1. The summed E-state index contributed by atoms with van der Waals surface area (Å²) in [5.74, 6) is -0.0576. The summed E-state index contributed by atoms with van der Waals surface area (Å²) in [6.45, 7) is 12.6. The van der Waals surface area contributed by atoms with Gasteiger partial charge in [0, 0.05) is 23.4 Å². The van der Waals surface area contributed by atoms with E-state index < -0.39 is 5.41 Å². The predicted molar refractivity (Wildman–Crippen MR) is 119 cm³/mol. The second kappa shape index (κ2) is 8.54. The molecule has 2 aromatic rings. The van der Waals surface area contributed by atoms with Gasteiger partial charge in [0.05, 0.1) is 6.04 Å². The minimum atomic E-state index is -0.540. The second-order valence-electron chi connectivity index (χ2n) is 8.67. The van der Waals surface area contributed by atoms with E-state index in [1.807, 2.05) is 25.7 Å². The van der Waals surface area contributed by atoms with Gasteiger partial charge >= 0.3 is 0 Å². The molecule has 154 valence electrons. The molecule has 1 aromatic carbocycles. The van der Waals surface area contributed by atoms with Gasteiger partial charge in [-0.05, 0) is 35.9 Å². The first-order valence-electron chi connectivity index (χ1n) is 10.0. The normalized spacial score (nSPS) is 16.3. The lowest BCUT2D eigenvalue weighted by Crippen LogP contribution is -2.49. The average Bonchev–Trinajstić information content (AvgIpc) is 3.15. The molecule has 29 heavy (non-hydrogen) atoms. The van der Waals surface area contributed by atoms with Crippen molar-refractivity contribution in [1.29, 1.82) is 0 Å². The Morgan fingerprint density at radius 3 is 2.55 bits per heavy atom. The summed E-state index contributed by atoms with van der Waals surface area (Å²) in [5, 5.41) is 2.10. The number of carbonyl (C=O) groups is 2. The Bertz CT molecular complexity index is 892. The van der Waals surface area contributed by atoms with Gasteiger partial charge < -0.3 is 9.80 Å². The van der Waals surface area contributed by atoms with Gasteiger partial charge in [-0.1, -0.05) is 56.7 Å². The molecule has 0 spiro atoms. The van der Waals surface area contributed by atoms with Gasteiger partial charge in [-0.3, -0.25) is 9.59 Å². The zero-order chi connectivity index (χ0) is 21.2. The second-order valence-corrected chi connectivity index (χ2v) is 9.67. The summed E-state index contributed by atoms with van der Waals surface area (Å²) in [6.07, 6.45) is 2.54. The number of hydrogen-bond acceptors (Lipinski definition) is 3. The fraction of sp³-hybridized carbons (Fsp3) is 0.417. The molecule has 0 saturated carbocycles. The Morgan fingerprint density at radius 1 is 1.24 bits per heavy atom. The number of benzene rings is 1. The van der Waals surface area contributed by atoms with Gasteiger partial charge in [-0.25, -0.2) is 0 Å². The first-order valence-corrected chi connectivity index (χ1v) is 10.9. The van der Waals surface area contributed by atoms with Crippen molar-refractivity contribution in [3.05, 3.63) is 69.9 Å². The van der Waals surface area contributed by atoms with Crippen LogP contribution in [0.5, 0.6) is 0 Å². The molecule has 0 aliphatic carbocycles. The van der Waals surface area contributed by atoms with Crippen LogP contribution in [0.25, 0.3) is 0 Å². The molecule has 2 amide bonds. The number of nitrogens with zero attached hydrogens (tertiary/aromatic N) is 2. The lowest BCUT2D eigenvalue weighted by Gasteiger charge is -2.38. The number of hydrogen-bond donors (Lipinski definition) is 0. The molecule has 1 unspecified atom stereocenters. The smallest absolute Gasteiger partial charge is 0.243 e. The van der Waals surface area contributed by atoms with E-state index in [2.05, 4.69) is 49.2 Å². The summed E-state index contributed by atoms with van der Waals surface area (Å²) in [6, 6.07) is 10.4. The molecule has 1 aliphatic rings. The van der Waals surface area contributed by atoms with Crippen LogP contribution < -0.4 is 0 Å². The van der Waals surface area contributed by atoms with Crippen molar-refractivity contribution in [2.75, 3.05) is 19.6 Å². The summed E-state index contributed by atoms with van der Waals surface area (Å²) in [4.78, 5) is 31.1. The molecule has 1 atom stereocenters. The fourth-order valence-corrected chi connectivity index (χ4v) is 4.70. The van der Waals surface area contributed by atoms with Crippen LogP contribution in [0.1, 0.15) is 48.4 Å². The van der Waals surface area contributed by atoms with Gasteiger partial charge in [0.2, 0.25) is 11.8 Å². The summed E-state index contributed by atoms with van der Waals surface area (Å²) in [5.41, 5.74) is 2.97. The van der Waals surface area contributed by atoms with Crippen molar-refractivity contribution < 1.29 is 9.59 Å². The van der Waals surface area contributed by atoms with E-state index >= 15 is 0 Å². The Labute approximate surface area is 177 Å². The first kappa shape index (κ1) is 21.3. The quantitative estimate of drug-likeness (QED) is 0.677. The van der Waals surface area contributed by atoms with Gasteiger partial charge in [0.1, 0.15) is 6.54 Å². The topological polar surface area (TPSA) is 40.6 Å². The molecule has 3 rings (SSSR count). The molecule has 4 nitrogen and oxygen atoms in total. The van der Waals surface area contributed by atoms with Crippen LogP contribution in [0.3, 0.4) is 0 Å². The summed E-state index contributed by atoms with van der Waals surface area (Å²) >= 11 is 1.76. The SMILES string of the molecule is C=CCN(CC(=O)N1CCc2sccc2C1c1ccc(C)cc1)C(=O)C(C)(C)C. The molecular weight excluding hydrogens is 380 g/mol. The maximum Gasteiger partial charge on any atom is 0.243 e. The molecule has 1 aliphatic heterocycles. The van der Waals surface area contributed by atoms with Crippen LogP contribution in [-0.4, -0.2) is 41.2 Å². The molecule has 2 heterocycles. The van der Waals surface area contributed by atoms with Crippen LogP contribution in [0.4, 0.5) is 0 Å². The van der Waals surface area contributed by atoms with Crippen molar-refractivity contribution in [3.8, 4) is 0 Å². The average molecular weight is 411 g/mol. The maximum absolute atomic E-state index is 13.4. The predicted octanol–water partition coefficient (Wildman–Crippen LogP) is 4.59. The summed E-state index contributed by atoms with van der Waals surface area (Å²) in [7, 11) is 0. The molecule has 0 fully saturated rings. The number of amides is 2. The molecule has 0 radical (unpaired) electrons. The zero-order valence-corrected chi connectivity index (χ0v) is 18.6. The standard InChI is InChI=1S/C24H30N2O2S/c1-6-13-25(23(28)24(3,4)5)16-21(27)26-14-11-20-19(12-15-29-20)22(26)18-9-7-17(2)8-10-18/h6-10,12,15,22H,1,11,13-14,16H2,2-5H3. The third kappa shape index (κ3) is 4.61. The molecule has 0 saturated heterocycles. The molecule has 1 aromatic heterocycles. The van der Waals surface area contributed by atoms with E-state index in [1.165, 1.54) is 16.0 Å². The highest BCUT2D eigenvalue weighted by Crippen LogP contribution is 2.38. The van der Waals surface area contributed by atoms with E-state index in [9.17, 15) is 9.59 Å². The zero-order valence-electron chi connectivity index (χ0n) is 17.8. The number of aryl methyl sites for hydroxylation is 1. The Kier molecular flexibility index (Phi) is 6.27. The highest BCUT2D eigenvalue weighted by Gasteiger charge is 2.35. The molecule has 0 N–H and O–H groups in total. The monoisotopic (exact) mass is 410 g/mol. The van der Waals surface area contributed by atoms with E-state index in [0.29, 0.717) is 13.1 Å². The number of fused-ring (bicyclic) bond motifs is 1. The van der Waals surface area contributed by atoms with Gasteiger partial charge in [0.25, 0.3) is 0 Å². The molecular formula is C24H30N2O2S. The van der Waals surface area contributed by atoms with Crippen molar-refractivity contribution >= 4 is 23.2 Å². The minimum absolute atomic E-state index is 0.0214. The lowest BCUT2D eigenvalue weighted by molar-refractivity contribution is -0.145. The van der Waals surface area contributed by atoms with Gasteiger partial charge in [-0.2, -0.15) is 0 Å². The van der Waals surface area contributed by atoms with Gasteiger partial charge in [-0.15, -0.1) is 17.9 Å². The Hall–Kier alpha value is -2.40. The first-order chi connectivity index (χ1) is 13.7. The van der Waals surface area contributed by atoms with Crippen LogP contribution in [-0.2, 0) is 16.0 Å². The van der Waals surface area contributed by atoms with Crippen molar-refractivity contribution in [2.24, 2.45) is 5.41 Å². The van der Waals surface area contributed by atoms with E-state index in [4.69, 9.17) is 0 Å². The molecule has 0 bridgehead atoms. The van der Waals surface area contributed by atoms with Crippen molar-refractivity contribution in [3.63, 3.8) is 0 Å². The van der Waals surface area contributed by atoms with Gasteiger partial charge in [0.15, 0.2) is 0 Å². The van der Waals surface area contributed by atoms with Crippen LogP contribution in [0, 0.1) is 12.3 Å². The largest absolute Gasteiger partial charge is 0.330 e. The highest BCUT2D eigenvalue weighted by atomic mass is 32.1. The Morgan fingerprint density at radius 2 is 1.93 bits per heavy atom. The maximum atomic E-state index is 13.4. The number of rotatable bonds is 5.